The maximum Gasteiger partial charge on any atom is 0.572 e. The summed E-state index contributed by atoms with van der Waals surface area (Å²) in [4.78, 5) is 0. The Morgan fingerprint density at radius 3 is 2.14 bits per heavy atom. The molecule has 14 heavy (non-hydrogen) atoms. The van der Waals surface area contributed by atoms with Gasteiger partial charge in [-0.05, 0) is 6.42 Å². The normalized spacial score (nSPS) is 12.4. The fraction of sp³-hybridized carbons (Fsp3) is 1.00. The van der Waals surface area contributed by atoms with Gasteiger partial charge in [0.25, 0.3) is 0 Å². The van der Waals surface area contributed by atoms with Crippen molar-refractivity contribution >= 4 is 8.80 Å². The molecule has 0 bridgehead atoms. The second-order valence-electron chi connectivity index (χ2n) is 2.48. The SMILES string of the molecule is CCCOCO[Si](OC)(OC)C(F)F. The van der Waals surface area contributed by atoms with E-state index in [1.54, 1.807) is 0 Å². The number of rotatable bonds is 8. The molecule has 4 nitrogen and oxygen atoms in total. The zero-order valence-corrected chi connectivity index (χ0v) is 9.59. The van der Waals surface area contributed by atoms with E-state index in [1.165, 1.54) is 0 Å². The average molecular weight is 230 g/mol. The lowest BCUT2D eigenvalue weighted by molar-refractivity contribution is -0.0544. The third-order valence-electron chi connectivity index (χ3n) is 1.53. The number of hydrogen-bond acceptors (Lipinski definition) is 4. The first kappa shape index (κ1) is 13.9. The molecule has 0 N–H and O–H groups in total. The minimum absolute atomic E-state index is 0.230. The monoisotopic (exact) mass is 230 g/mol. The van der Waals surface area contributed by atoms with Gasteiger partial charge in [0, 0.05) is 20.8 Å². The predicted molar refractivity (Wildman–Crippen MR) is 48.0 cm³/mol. The minimum atomic E-state index is -3.83. The van der Waals surface area contributed by atoms with Crippen molar-refractivity contribution in [1.82, 2.24) is 0 Å². The molecule has 0 fully saturated rings. The molecule has 0 aromatic heterocycles. The Morgan fingerprint density at radius 1 is 1.21 bits per heavy atom. The van der Waals surface area contributed by atoms with E-state index in [1.807, 2.05) is 6.92 Å². The third-order valence-corrected chi connectivity index (χ3v) is 3.72. The Bertz CT molecular complexity index is 144. The largest absolute Gasteiger partial charge is 0.572 e. The van der Waals surface area contributed by atoms with E-state index in [0.717, 1.165) is 20.6 Å². The summed E-state index contributed by atoms with van der Waals surface area (Å²) in [5.74, 6) is 0. The van der Waals surface area contributed by atoms with Crippen molar-refractivity contribution in [1.29, 1.82) is 0 Å². The highest BCUT2D eigenvalue weighted by molar-refractivity contribution is 6.61. The van der Waals surface area contributed by atoms with Crippen LogP contribution in [0.1, 0.15) is 13.3 Å². The van der Waals surface area contributed by atoms with Gasteiger partial charge in [-0.1, -0.05) is 6.92 Å². The molecular weight excluding hydrogens is 214 g/mol. The summed E-state index contributed by atoms with van der Waals surface area (Å²) in [5, 5.41) is 0. The molecule has 0 amide bonds. The van der Waals surface area contributed by atoms with E-state index in [9.17, 15) is 8.78 Å². The summed E-state index contributed by atoms with van der Waals surface area (Å²) in [6.45, 7) is 2.14. The van der Waals surface area contributed by atoms with Crippen LogP contribution >= 0.6 is 0 Å². The van der Waals surface area contributed by atoms with Crippen molar-refractivity contribution in [2.24, 2.45) is 0 Å². The first-order valence-electron chi connectivity index (χ1n) is 4.23. The van der Waals surface area contributed by atoms with Crippen LogP contribution in [-0.2, 0) is 18.0 Å². The Morgan fingerprint density at radius 2 is 1.79 bits per heavy atom. The van der Waals surface area contributed by atoms with E-state index in [-0.39, 0.29) is 6.79 Å². The first-order valence-corrected chi connectivity index (χ1v) is 6.03. The van der Waals surface area contributed by atoms with Crippen molar-refractivity contribution in [3.63, 3.8) is 0 Å². The quantitative estimate of drug-likeness (QED) is 0.359. The third kappa shape index (κ3) is 3.97. The van der Waals surface area contributed by atoms with Crippen LogP contribution in [0.25, 0.3) is 0 Å². The number of ether oxygens (including phenoxy) is 1. The molecule has 0 unspecified atom stereocenters. The summed E-state index contributed by atoms with van der Waals surface area (Å²) in [6, 6.07) is -2.76. The van der Waals surface area contributed by atoms with Crippen LogP contribution in [0.4, 0.5) is 8.78 Å². The standard InChI is InChI=1S/C7H16F2O4Si/c1-4-5-12-6-13-14(10-2,11-3)7(8)9/h7H,4-6H2,1-3H3. The highest BCUT2D eigenvalue weighted by Crippen LogP contribution is 2.16. The van der Waals surface area contributed by atoms with Crippen molar-refractivity contribution < 1.29 is 26.8 Å². The van der Waals surface area contributed by atoms with Gasteiger partial charge < -0.3 is 18.0 Å². The summed E-state index contributed by atoms with van der Waals surface area (Å²) in [6.07, 6.45) is 0.798. The molecule has 0 saturated heterocycles. The molecule has 0 atom stereocenters. The topological polar surface area (TPSA) is 36.9 Å². The molecule has 0 aromatic carbocycles. The Hall–Kier alpha value is -0.0831. The lowest BCUT2D eigenvalue weighted by atomic mass is 10.5. The summed E-state index contributed by atoms with van der Waals surface area (Å²) < 4.78 is 43.9. The van der Waals surface area contributed by atoms with Gasteiger partial charge in [-0.15, -0.1) is 0 Å². The molecule has 0 saturated carbocycles. The van der Waals surface area contributed by atoms with Crippen molar-refractivity contribution in [3.8, 4) is 0 Å². The summed E-state index contributed by atoms with van der Waals surface area (Å²) in [5.41, 5.74) is 0. The van der Waals surface area contributed by atoms with E-state index >= 15 is 0 Å². The zero-order chi connectivity index (χ0) is 11.0. The van der Waals surface area contributed by atoms with Crippen LogP contribution in [0.3, 0.4) is 0 Å². The van der Waals surface area contributed by atoms with Crippen molar-refractivity contribution in [3.05, 3.63) is 0 Å². The van der Waals surface area contributed by atoms with Crippen LogP contribution in [0.2, 0.25) is 0 Å². The Kier molecular flexibility index (Phi) is 7.20. The van der Waals surface area contributed by atoms with E-state index in [2.05, 4.69) is 8.85 Å². The molecule has 0 heterocycles. The molecule has 0 aliphatic heterocycles. The van der Waals surface area contributed by atoms with Gasteiger partial charge in [-0.3, -0.25) is 0 Å². The molecule has 0 rings (SSSR count). The van der Waals surface area contributed by atoms with Crippen molar-refractivity contribution in [2.75, 3.05) is 27.6 Å². The van der Waals surface area contributed by atoms with Crippen LogP contribution in [0.15, 0.2) is 0 Å². The summed E-state index contributed by atoms with van der Waals surface area (Å²) >= 11 is 0. The van der Waals surface area contributed by atoms with E-state index in [0.29, 0.717) is 6.61 Å². The zero-order valence-electron chi connectivity index (χ0n) is 8.59. The smallest absolute Gasteiger partial charge is 0.374 e. The first-order chi connectivity index (χ1) is 6.63. The number of alkyl halides is 2. The lowest BCUT2D eigenvalue weighted by Crippen LogP contribution is -2.51. The van der Waals surface area contributed by atoms with Crippen LogP contribution < -0.4 is 0 Å². The molecule has 0 aliphatic carbocycles. The van der Waals surface area contributed by atoms with Gasteiger partial charge in [0.2, 0.25) is 0 Å². The molecule has 0 aliphatic rings. The molecule has 0 aromatic rings. The molecule has 0 spiro atoms. The second-order valence-corrected chi connectivity index (χ2v) is 5.23. The maximum absolute atomic E-state index is 12.5. The fourth-order valence-electron chi connectivity index (χ4n) is 0.769. The Labute approximate surface area is 83.5 Å². The van der Waals surface area contributed by atoms with E-state index < -0.39 is 14.9 Å². The van der Waals surface area contributed by atoms with Crippen LogP contribution in [0, 0.1) is 0 Å². The van der Waals surface area contributed by atoms with Gasteiger partial charge in [0.05, 0.1) is 0 Å². The second kappa shape index (κ2) is 7.24. The fourth-order valence-corrected chi connectivity index (χ4v) is 1.90. The Balaban J connectivity index is 3.95. The van der Waals surface area contributed by atoms with Crippen molar-refractivity contribution in [2.45, 2.75) is 19.4 Å². The molecule has 86 valence electrons. The molecular formula is C7H16F2O4Si. The molecule has 0 radical (unpaired) electrons. The summed E-state index contributed by atoms with van der Waals surface area (Å²) in [7, 11) is -1.55. The van der Waals surface area contributed by atoms with Gasteiger partial charge in [-0.2, -0.15) is 0 Å². The van der Waals surface area contributed by atoms with Crippen LogP contribution in [0.5, 0.6) is 0 Å². The predicted octanol–water partition coefficient (Wildman–Crippen LogP) is 1.42. The average Bonchev–Trinajstić information content (AvgIpc) is 2.18. The number of hydrogen-bond donors (Lipinski definition) is 0. The maximum atomic E-state index is 12.5. The highest BCUT2D eigenvalue weighted by Gasteiger charge is 2.50. The van der Waals surface area contributed by atoms with Gasteiger partial charge >= 0.3 is 14.9 Å². The highest BCUT2D eigenvalue weighted by atomic mass is 28.4. The lowest BCUT2D eigenvalue weighted by Gasteiger charge is -2.24. The van der Waals surface area contributed by atoms with Gasteiger partial charge in [-0.25, -0.2) is 8.78 Å². The van der Waals surface area contributed by atoms with Gasteiger partial charge in [0.15, 0.2) is 0 Å². The molecule has 7 heteroatoms. The minimum Gasteiger partial charge on any atom is -0.374 e. The van der Waals surface area contributed by atoms with Gasteiger partial charge in [0.1, 0.15) is 6.79 Å². The van der Waals surface area contributed by atoms with Crippen LogP contribution in [-0.4, -0.2) is 42.5 Å². The van der Waals surface area contributed by atoms with E-state index in [4.69, 9.17) is 9.16 Å². The number of halogens is 2.